The van der Waals surface area contributed by atoms with E-state index in [0.29, 0.717) is 17.7 Å². The number of hydrogen-bond acceptors (Lipinski definition) is 3. The number of ketones is 1. The van der Waals surface area contributed by atoms with E-state index in [9.17, 15) is 19.1 Å². The van der Waals surface area contributed by atoms with Gasteiger partial charge in [-0.3, -0.25) is 9.59 Å². The summed E-state index contributed by atoms with van der Waals surface area (Å²) in [6.45, 7) is 2.52. The minimum atomic E-state index is -0.720. The first-order valence-electron chi connectivity index (χ1n) is 9.64. The molecule has 1 N–H and O–H groups in total. The standard InChI is InChI=1S/C23H24FNO3/c1-2-3-4-8-15-25-20(16-11-13-18(24)14-12-16)19(22(27)23(25)28)21(26)17-9-6-5-7-10-17/h5-7,9-14,20,26H,2-4,8,15H2,1H3/b21-19+. The monoisotopic (exact) mass is 381 g/mol. The van der Waals surface area contributed by atoms with E-state index in [1.54, 1.807) is 42.5 Å². The van der Waals surface area contributed by atoms with E-state index < -0.39 is 23.5 Å². The molecule has 1 unspecified atom stereocenters. The molecular weight excluding hydrogens is 357 g/mol. The Balaban J connectivity index is 2.04. The normalized spacial score (nSPS) is 18.6. The number of aliphatic hydroxyl groups is 1. The third kappa shape index (κ3) is 3.98. The van der Waals surface area contributed by atoms with Crippen LogP contribution in [0.3, 0.4) is 0 Å². The molecular formula is C23H24FNO3. The number of carbonyl (C=O) groups is 2. The van der Waals surface area contributed by atoms with E-state index in [1.807, 2.05) is 0 Å². The highest BCUT2D eigenvalue weighted by Crippen LogP contribution is 2.39. The Morgan fingerprint density at radius 1 is 1.00 bits per heavy atom. The van der Waals surface area contributed by atoms with Crippen LogP contribution in [0.1, 0.15) is 49.8 Å². The fourth-order valence-corrected chi connectivity index (χ4v) is 3.56. The van der Waals surface area contributed by atoms with Gasteiger partial charge in [0.2, 0.25) is 0 Å². The number of halogens is 1. The van der Waals surface area contributed by atoms with Crippen molar-refractivity contribution in [3.8, 4) is 0 Å². The summed E-state index contributed by atoms with van der Waals surface area (Å²) in [7, 11) is 0. The van der Waals surface area contributed by atoms with Crippen LogP contribution in [0.4, 0.5) is 4.39 Å². The maximum atomic E-state index is 13.4. The number of unbranched alkanes of at least 4 members (excludes halogenated alkanes) is 3. The lowest BCUT2D eigenvalue weighted by Crippen LogP contribution is -2.30. The van der Waals surface area contributed by atoms with Gasteiger partial charge in [0.25, 0.3) is 11.7 Å². The van der Waals surface area contributed by atoms with Gasteiger partial charge in [-0.15, -0.1) is 0 Å². The second-order valence-corrected chi connectivity index (χ2v) is 6.97. The molecule has 1 atom stereocenters. The number of Topliss-reactive ketones (excluding diaryl/α,β-unsaturated/α-hetero) is 1. The lowest BCUT2D eigenvalue weighted by molar-refractivity contribution is -0.139. The van der Waals surface area contributed by atoms with Crippen molar-refractivity contribution in [1.82, 2.24) is 4.90 Å². The van der Waals surface area contributed by atoms with Crippen LogP contribution in [-0.4, -0.2) is 28.2 Å². The Kier molecular flexibility index (Phi) is 6.24. The number of aliphatic hydroxyl groups excluding tert-OH is 1. The number of carbonyl (C=O) groups excluding carboxylic acids is 2. The van der Waals surface area contributed by atoms with Gasteiger partial charge in [0.1, 0.15) is 11.6 Å². The van der Waals surface area contributed by atoms with Gasteiger partial charge in [-0.05, 0) is 24.1 Å². The summed E-state index contributed by atoms with van der Waals surface area (Å²) in [4.78, 5) is 27.0. The van der Waals surface area contributed by atoms with Crippen molar-refractivity contribution in [3.05, 3.63) is 77.1 Å². The van der Waals surface area contributed by atoms with Gasteiger partial charge in [-0.2, -0.15) is 0 Å². The van der Waals surface area contributed by atoms with Crippen molar-refractivity contribution in [1.29, 1.82) is 0 Å². The van der Waals surface area contributed by atoms with E-state index in [-0.39, 0.29) is 11.3 Å². The molecule has 146 valence electrons. The predicted octanol–water partition coefficient (Wildman–Crippen LogP) is 4.83. The Hall–Kier alpha value is -2.95. The van der Waals surface area contributed by atoms with E-state index in [2.05, 4.69) is 6.92 Å². The Bertz CT molecular complexity index is 874. The van der Waals surface area contributed by atoms with Crippen LogP contribution < -0.4 is 0 Å². The molecule has 1 fully saturated rings. The van der Waals surface area contributed by atoms with E-state index >= 15 is 0 Å². The second kappa shape index (κ2) is 8.83. The van der Waals surface area contributed by atoms with E-state index in [0.717, 1.165) is 25.7 Å². The maximum absolute atomic E-state index is 13.4. The summed E-state index contributed by atoms with van der Waals surface area (Å²) < 4.78 is 13.4. The molecule has 5 heteroatoms. The average molecular weight is 381 g/mol. The topological polar surface area (TPSA) is 57.6 Å². The molecule has 2 aromatic rings. The SMILES string of the molecule is CCCCCCN1C(=O)C(=O)/C(=C(/O)c2ccccc2)C1c1ccc(F)cc1. The van der Waals surface area contributed by atoms with Gasteiger partial charge < -0.3 is 10.0 Å². The molecule has 4 nitrogen and oxygen atoms in total. The zero-order chi connectivity index (χ0) is 20.1. The highest BCUT2D eigenvalue weighted by Gasteiger charge is 2.45. The van der Waals surface area contributed by atoms with Crippen molar-refractivity contribution in [2.75, 3.05) is 6.54 Å². The third-order valence-electron chi connectivity index (χ3n) is 5.03. The number of benzene rings is 2. The summed E-state index contributed by atoms with van der Waals surface area (Å²) >= 11 is 0. The molecule has 1 aliphatic heterocycles. The lowest BCUT2D eigenvalue weighted by Gasteiger charge is -2.25. The van der Waals surface area contributed by atoms with Crippen LogP contribution in [0.15, 0.2) is 60.2 Å². The Labute approximate surface area is 164 Å². The number of hydrogen-bond donors (Lipinski definition) is 1. The van der Waals surface area contributed by atoms with E-state index in [1.165, 1.54) is 17.0 Å². The molecule has 1 heterocycles. The predicted molar refractivity (Wildman–Crippen MR) is 106 cm³/mol. The Morgan fingerprint density at radius 2 is 1.68 bits per heavy atom. The molecule has 3 rings (SSSR count). The molecule has 0 spiro atoms. The van der Waals surface area contributed by atoms with Crippen LogP contribution >= 0.6 is 0 Å². The fourth-order valence-electron chi connectivity index (χ4n) is 3.56. The molecule has 0 bridgehead atoms. The summed E-state index contributed by atoms with van der Waals surface area (Å²) in [5.74, 6) is -1.93. The van der Waals surface area contributed by atoms with Crippen LogP contribution in [-0.2, 0) is 9.59 Å². The number of likely N-dealkylation sites (tertiary alicyclic amines) is 1. The molecule has 28 heavy (non-hydrogen) atoms. The second-order valence-electron chi connectivity index (χ2n) is 6.97. The van der Waals surface area contributed by atoms with E-state index in [4.69, 9.17) is 0 Å². The Morgan fingerprint density at radius 3 is 2.32 bits per heavy atom. The van der Waals surface area contributed by atoms with Crippen molar-refractivity contribution in [2.24, 2.45) is 0 Å². The first kappa shape index (κ1) is 19.8. The van der Waals surface area contributed by atoms with Gasteiger partial charge in [0, 0.05) is 12.1 Å². The highest BCUT2D eigenvalue weighted by atomic mass is 19.1. The minimum Gasteiger partial charge on any atom is -0.507 e. The van der Waals surface area contributed by atoms with Gasteiger partial charge in [-0.25, -0.2) is 4.39 Å². The van der Waals surface area contributed by atoms with Crippen LogP contribution in [0.2, 0.25) is 0 Å². The van der Waals surface area contributed by atoms with Crippen molar-refractivity contribution >= 4 is 17.4 Å². The number of rotatable bonds is 7. The summed E-state index contributed by atoms with van der Waals surface area (Å²) in [5, 5.41) is 10.8. The number of nitrogens with zero attached hydrogens (tertiary/aromatic N) is 1. The third-order valence-corrected chi connectivity index (χ3v) is 5.03. The smallest absolute Gasteiger partial charge is 0.295 e. The quantitative estimate of drug-likeness (QED) is 0.323. The van der Waals surface area contributed by atoms with Crippen molar-refractivity contribution < 1.29 is 19.1 Å². The van der Waals surface area contributed by atoms with Crippen molar-refractivity contribution in [2.45, 2.75) is 38.6 Å². The molecule has 0 saturated carbocycles. The summed E-state index contributed by atoms with van der Waals surface area (Å²) in [6.07, 6.45) is 3.83. The van der Waals surface area contributed by atoms with Crippen LogP contribution in [0, 0.1) is 5.82 Å². The van der Waals surface area contributed by atoms with Gasteiger partial charge in [-0.1, -0.05) is 68.7 Å². The molecule has 1 saturated heterocycles. The summed E-state index contributed by atoms with van der Waals surface area (Å²) in [5.41, 5.74) is 1.13. The molecule has 0 radical (unpaired) electrons. The highest BCUT2D eigenvalue weighted by molar-refractivity contribution is 6.46. The molecule has 0 aromatic heterocycles. The van der Waals surface area contributed by atoms with Gasteiger partial charge >= 0.3 is 0 Å². The number of amides is 1. The zero-order valence-electron chi connectivity index (χ0n) is 15.9. The molecule has 1 aliphatic rings. The fraction of sp³-hybridized carbons (Fsp3) is 0.304. The van der Waals surface area contributed by atoms with Crippen LogP contribution in [0.25, 0.3) is 5.76 Å². The average Bonchev–Trinajstić information content (AvgIpc) is 2.97. The first-order valence-corrected chi connectivity index (χ1v) is 9.64. The van der Waals surface area contributed by atoms with Gasteiger partial charge in [0.05, 0.1) is 11.6 Å². The maximum Gasteiger partial charge on any atom is 0.295 e. The van der Waals surface area contributed by atoms with Crippen LogP contribution in [0.5, 0.6) is 0 Å². The molecule has 1 amide bonds. The lowest BCUT2D eigenvalue weighted by atomic mass is 9.95. The summed E-state index contributed by atoms with van der Waals surface area (Å²) in [6, 6.07) is 13.7. The van der Waals surface area contributed by atoms with Gasteiger partial charge in [0.15, 0.2) is 0 Å². The van der Waals surface area contributed by atoms with Crippen molar-refractivity contribution in [3.63, 3.8) is 0 Å². The first-order chi connectivity index (χ1) is 13.5. The molecule has 0 aliphatic carbocycles. The zero-order valence-corrected chi connectivity index (χ0v) is 15.9. The molecule has 2 aromatic carbocycles. The largest absolute Gasteiger partial charge is 0.507 e. The minimum absolute atomic E-state index is 0.0540.